The number of nitrogens with zero attached hydrogens (tertiary/aromatic N) is 3. The summed E-state index contributed by atoms with van der Waals surface area (Å²) in [5, 5.41) is 6.57. The van der Waals surface area contributed by atoms with Crippen LogP contribution in [-0.2, 0) is 6.54 Å². The summed E-state index contributed by atoms with van der Waals surface area (Å²) < 4.78 is 0. The van der Waals surface area contributed by atoms with Gasteiger partial charge in [-0.25, -0.2) is 4.98 Å². The monoisotopic (exact) mass is 238 g/mol. The van der Waals surface area contributed by atoms with E-state index >= 15 is 0 Å². The average molecular weight is 238 g/mol. The van der Waals surface area contributed by atoms with Crippen LogP contribution in [0.1, 0.15) is 23.5 Å². The third-order valence-corrected chi connectivity index (χ3v) is 3.65. The van der Waals surface area contributed by atoms with Crippen LogP contribution < -0.4 is 5.32 Å². The van der Waals surface area contributed by atoms with Crippen molar-refractivity contribution in [2.45, 2.75) is 26.3 Å². The Morgan fingerprint density at radius 2 is 2.31 bits per heavy atom. The van der Waals surface area contributed by atoms with Gasteiger partial charge >= 0.3 is 0 Å². The summed E-state index contributed by atoms with van der Waals surface area (Å²) in [6.07, 6.45) is 2.55. The Morgan fingerprint density at radius 3 is 2.88 bits per heavy atom. The first-order valence-corrected chi connectivity index (χ1v) is 6.54. The number of hydrogen-bond donors (Lipinski definition) is 1. The first-order valence-electron chi connectivity index (χ1n) is 5.66. The molecule has 1 aromatic rings. The van der Waals surface area contributed by atoms with Crippen LogP contribution in [0, 0.1) is 6.92 Å². The fourth-order valence-electron chi connectivity index (χ4n) is 1.90. The highest BCUT2D eigenvalue weighted by Crippen LogP contribution is 2.10. The fraction of sp³-hybridized carbons (Fsp3) is 0.636. The predicted molar refractivity (Wildman–Crippen MR) is 67.9 cm³/mol. The molecule has 0 aliphatic carbocycles. The van der Waals surface area contributed by atoms with Crippen molar-refractivity contribution >= 4 is 17.3 Å². The number of aliphatic imine (C=N–C) groups is 1. The molecule has 0 unspecified atom stereocenters. The molecule has 1 fully saturated rings. The zero-order valence-corrected chi connectivity index (χ0v) is 10.7. The molecular formula is C11H18N4S. The zero-order valence-electron chi connectivity index (χ0n) is 9.86. The van der Waals surface area contributed by atoms with Crippen molar-refractivity contribution in [1.29, 1.82) is 0 Å². The Labute approximate surface area is 100 Å². The molecule has 88 valence electrons. The van der Waals surface area contributed by atoms with E-state index in [1.165, 1.54) is 12.8 Å². The summed E-state index contributed by atoms with van der Waals surface area (Å²) in [6, 6.07) is 0. The molecule has 0 saturated carbocycles. The highest BCUT2D eigenvalue weighted by molar-refractivity contribution is 7.09. The lowest BCUT2D eigenvalue weighted by Crippen LogP contribution is -2.39. The minimum atomic E-state index is 0.779. The standard InChI is InChI=1S/C11H18N4S/c1-9-8-16-10(14-9)7-13-11(12-2)15-5-3-4-6-15/h8H,3-7H2,1-2H3,(H,12,13). The van der Waals surface area contributed by atoms with Crippen molar-refractivity contribution in [2.24, 2.45) is 4.99 Å². The number of guanidine groups is 1. The number of hydrogen-bond acceptors (Lipinski definition) is 3. The lowest BCUT2D eigenvalue weighted by molar-refractivity contribution is 0.493. The van der Waals surface area contributed by atoms with Gasteiger partial charge < -0.3 is 10.2 Å². The van der Waals surface area contributed by atoms with Gasteiger partial charge in [0.15, 0.2) is 5.96 Å². The van der Waals surface area contributed by atoms with Crippen LogP contribution in [0.5, 0.6) is 0 Å². The van der Waals surface area contributed by atoms with E-state index in [2.05, 4.69) is 25.6 Å². The second-order valence-corrected chi connectivity index (χ2v) is 4.92. The van der Waals surface area contributed by atoms with Gasteiger partial charge in [0.05, 0.1) is 6.54 Å². The van der Waals surface area contributed by atoms with Crippen LogP contribution >= 0.6 is 11.3 Å². The van der Waals surface area contributed by atoms with Gasteiger partial charge in [-0.1, -0.05) is 0 Å². The minimum absolute atomic E-state index is 0.779. The molecule has 5 heteroatoms. The Bertz CT molecular complexity index is 366. The van der Waals surface area contributed by atoms with Crippen LogP contribution in [-0.4, -0.2) is 36.0 Å². The number of thiazole rings is 1. The van der Waals surface area contributed by atoms with Crippen molar-refractivity contribution < 1.29 is 0 Å². The first kappa shape index (κ1) is 11.4. The summed E-state index contributed by atoms with van der Waals surface area (Å²) in [4.78, 5) is 11.0. The predicted octanol–water partition coefficient (Wildman–Crippen LogP) is 1.62. The summed E-state index contributed by atoms with van der Waals surface area (Å²) in [6.45, 7) is 5.05. The maximum absolute atomic E-state index is 4.43. The minimum Gasteiger partial charge on any atom is -0.350 e. The van der Waals surface area contributed by atoms with Crippen molar-refractivity contribution in [1.82, 2.24) is 15.2 Å². The van der Waals surface area contributed by atoms with E-state index in [9.17, 15) is 0 Å². The fourth-order valence-corrected chi connectivity index (χ4v) is 2.61. The maximum atomic E-state index is 4.43. The third-order valence-electron chi connectivity index (χ3n) is 2.68. The number of aryl methyl sites for hydroxylation is 1. The van der Waals surface area contributed by atoms with Crippen LogP contribution in [0.3, 0.4) is 0 Å². The lowest BCUT2D eigenvalue weighted by atomic mass is 10.4. The summed E-state index contributed by atoms with van der Waals surface area (Å²) in [7, 11) is 1.84. The van der Waals surface area contributed by atoms with Crippen molar-refractivity contribution in [3.8, 4) is 0 Å². The van der Waals surface area contributed by atoms with Crippen LogP contribution in [0.25, 0.3) is 0 Å². The van der Waals surface area contributed by atoms with Gasteiger partial charge in [0, 0.05) is 31.2 Å². The van der Waals surface area contributed by atoms with E-state index < -0.39 is 0 Å². The molecule has 1 aliphatic rings. The van der Waals surface area contributed by atoms with Gasteiger partial charge in [0.25, 0.3) is 0 Å². The summed E-state index contributed by atoms with van der Waals surface area (Å²) in [5.41, 5.74) is 1.10. The highest BCUT2D eigenvalue weighted by atomic mass is 32.1. The number of rotatable bonds is 2. The zero-order chi connectivity index (χ0) is 11.4. The maximum Gasteiger partial charge on any atom is 0.193 e. The molecule has 1 aromatic heterocycles. The normalized spacial score (nSPS) is 16.9. The molecule has 0 amide bonds. The van der Waals surface area contributed by atoms with E-state index in [1.807, 2.05) is 14.0 Å². The third kappa shape index (κ3) is 2.72. The van der Waals surface area contributed by atoms with Gasteiger partial charge in [-0.15, -0.1) is 11.3 Å². The molecule has 0 atom stereocenters. The Balaban J connectivity index is 1.88. The Hall–Kier alpha value is -1.10. The second-order valence-electron chi connectivity index (χ2n) is 3.98. The molecule has 0 bridgehead atoms. The van der Waals surface area contributed by atoms with E-state index in [0.29, 0.717) is 0 Å². The molecule has 2 rings (SSSR count). The van der Waals surface area contributed by atoms with Gasteiger partial charge in [0.2, 0.25) is 0 Å². The molecule has 4 nitrogen and oxygen atoms in total. The van der Waals surface area contributed by atoms with Gasteiger partial charge in [0.1, 0.15) is 5.01 Å². The van der Waals surface area contributed by atoms with Crippen LogP contribution in [0.15, 0.2) is 10.4 Å². The molecule has 16 heavy (non-hydrogen) atoms. The molecular weight excluding hydrogens is 220 g/mol. The van der Waals surface area contributed by atoms with E-state index in [1.54, 1.807) is 11.3 Å². The Morgan fingerprint density at radius 1 is 1.56 bits per heavy atom. The molecule has 1 saturated heterocycles. The van der Waals surface area contributed by atoms with E-state index in [-0.39, 0.29) is 0 Å². The van der Waals surface area contributed by atoms with Crippen molar-refractivity contribution in [3.63, 3.8) is 0 Å². The summed E-state index contributed by atoms with van der Waals surface area (Å²) in [5.74, 6) is 1.00. The second kappa shape index (κ2) is 5.30. The molecule has 0 radical (unpaired) electrons. The Kier molecular flexibility index (Phi) is 3.77. The van der Waals surface area contributed by atoms with Crippen LogP contribution in [0.2, 0.25) is 0 Å². The van der Waals surface area contributed by atoms with Gasteiger partial charge in [-0.3, -0.25) is 4.99 Å². The molecule has 0 spiro atoms. The van der Waals surface area contributed by atoms with Crippen molar-refractivity contribution in [3.05, 3.63) is 16.1 Å². The van der Waals surface area contributed by atoms with Gasteiger partial charge in [-0.05, 0) is 19.8 Å². The SMILES string of the molecule is CN=C(NCc1nc(C)cs1)N1CCCC1. The molecule has 1 N–H and O–H groups in total. The number of likely N-dealkylation sites (tertiary alicyclic amines) is 1. The van der Waals surface area contributed by atoms with E-state index in [4.69, 9.17) is 0 Å². The topological polar surface area (TPSA) is 40.5 Å². The van der Waals surface area contributed by atoms with Gasteiger partial charge in [-0.2, -0.15) is 0 Å². The highest BCUT2D eigenvalue weighted by Gasteiger charge is 2.15. The largest absolute Gasteiger partial charge is 0.350 e. The molecule has 2 heterocycles. The van der Waals surface area contributed by atoms with Crippen LogP contribution in [0.4, 0.5) is 0 Å². The smallest absolute Gasteiger partial charge is 0.193 e. The lowest BCUT2D eigenvalue weighted by Gasteiger charge is -2.20. The number of aromatic nitrogens is 1. The number of nitrogens with one attached hydrogen (secondary N) is 1. The molecule has 1 aliphatic heterocycles. The quantitative estimate of drug-likeness (QED) is 0.629. The van der Waals surface area contributed by atoms with E-state index in [0.717, 1.165) is 36.3 Å². The average Bonchev–Trinajstić information content (AvgIpc) is 2.91. The van der Waals surface area contributed by atoms with Crippen molar-refractivity contribution in [2.75, 3.05) is 20.1 Å². The molecule has 0 aromatic carbocycles. The summed E-state index contributed by atoms with van der Waals surface area (Å²) >= 11 is 1.70. The first-order chi connectivity index (χ1) is 7.79.